The average molecular weight is 166 g/mol. The van der Waals surface area contributed by atoms with E-state index in [4.69, 9.17) is 4.84 Å². The molecule has 0 bridgehead atoms. The fourth-order valence-corrected chi connectivity index (χ4v) is 0.951. The number of aromatic nitrogens is 1. The Balaban J connectivity index is 2.41. The zero-order valence-electron chi connectivity index (χ0n) is 7.50. The van der Waals surface area contributed by atoms with Gasteiger partial charge in [-0.25, -0.2) is 0 Å². The zero-order chi connectivity index (χ0) is 8.81. The van der Waals surface area contributed by atoms with Crippen molar-refractivity contribution in [1.82, 2.24) is 10.5 Å². The van der Waals surface area contributed by atoms with Gasteiger partial charge in [0.2, 0.25) is 0 Å². The Labute approximate surface area is 72.7 Å². The van der Waals surface area contributed by atoms with E-state index in [0.29, 0.717) is 13.2 Å². The Morgan fingerprint density at radius 2 is 2.33 bits per heavy atom. The molecule has 3 heteroatoms. The molecule has 0 saturated heterocycles. The van der Waals surface area contributed by atoms with Crippen molar-refractivity contribution in [1.29, 1.82) is 0 Å². The van der Waals surface area contributed by atoms with E-state index in [1.165, 1.54) is 5.56 Å². The second kappa shape index (κ2) is 4.85. The van der Waals surface area contributed by atoms with Gasteiger partial charge in [0.25, 0.3) is 0 Å². The highest BCUT2D eigenvalue weighted by molar-refractivity contribution is 5.15. The summed E-state index contributed by atoms with van der Waals surface area (Å²) in [5.41, 5.74) is 5.15. The number of hydroxylamine groups is 1. The lowest BCUT2D eigenvalue weighted by Crippen LogP contribution is -2.13. The van der Waals surface area contributed by atoms with Crippen molar-refractivity contribution in [2.24, 2.45) is 0 Å². The van der Waals surface area contributed by atoms with E-state index in [9.17, 15) is 0 Å². The molecule has 3 nitrogen and oxygen atoms in total. The normalized spacial score (nSPS) is 10.2. The Hall–Kier alpha value is -0.930. The molecule has 0 saturated carbocycles. The maximum atomic E-state index is 5.00. The summed E-state index contributed by atoms with van der Waals surface area (Å²) in [6.07, 6.45) is 3.67. The van der Waals surface area contributed by atoms with Gasteiger partial charge in [0.15, 0.2) is 0 Å². The summed E-state index contributed by atoms with van der Waals surface area (Å²) in [6, 6.07) is 2.08. The minimum absolute atomic E-state index is 0.680. The number of nitrogens with one attached hydrogen (secondary N) is 1. The molecule has 66 valence electrons. The van der Waals surface area contributed by atoms with Crippen LogP contribution in [0.5, 0.6) is 0 Å². The van der Waals surface area contributed by atoms with Crippen LogP contribution in [0.25, 0.3) is 0 Å². The molecular formula is C9H14N2O. The summed E-state index contributed by atoms with van der Waals surface area (Å²) >= 11 is 0. The summed E-state index contributed by atoms with van der Waals surface area (Å²) < 4.78 is 0. The van der Waals surface area contributed by atoms with Gasteiger partial charge in [0, 0.05) is 18.9 Å². The number of hydrogen-bond donors (Lipinski definition) is 1. The number of hydrogen-bond acceptors (Lipinski definition) is 3. The molecule has 12 heavy (non-hydrogen) atoms. The van der Waals surface area contributed by atoms with Crippen LogP contribution in [0.1, 0.15) is 18.1 Å². The van der Waals surface area contributed by atoms with Gasteiger partial charge in [-0.1, -0.05) is 6.07 Å². The molecule has 0 radical (unpaired) electrons. The van der Waals surface area contributed by atoms with Crippen molar-refractivity contribution in [3.63, 3.8) is 0 Å². The second-order valence-corrected chi connectivity index (χ2v) is 2.62. The van der Waals surface area contributed by atoms with Crippen LogP contribution in [-0.2, 0) is 11.4 Å². The standard InChI is InChI=1S/C9H14N2O/c1-3-12-11-7-9-4-8(2)5-10-6-9/h4-6,11H,3,7H2,1-2H3. The van der Waals surface area contributed by atoms with Crippen molar-refractivity contribution in [2.45, 2.75) is 20.4 Å². The van der Waals surface area contributed by atoms with Crippen molar-refractivity contribution < 1.29 is 4.84 Å². The van der Waals surface area contributed by atoms with Gasteiger partial charge in [0.1, 0.15) is 0 Å². The smallest absolute Gasteiger partial charge is 0.0654 e. The van der Waals surface area contributed by atoms with Crippen LogP contribution >= 0.6 is 0 Å². The molecule has 0 aliphatic carbocycles. The number of nitrogens with zero attached hydrogens (tertiary/aromatic N) is 1. The van der Waals surface area contributed by atoms with Crippen molar-refractivity contribution >= 4 is 0 Å². The molecule has 0 aromatic carbocycles. The van der Waals surface area contributed by atoms with Crippen LogP contribution in [0, 0.1) is 6.92 Å². The molecule has 0 aliphatic rings. The molecule has 1 N–H and O–H groups in total. The van der Waals surface area contributed by atoms with Gasteiger partial charge in [-0.15, -0.1) is 0 Å². The fraction of sp³-hybridized carbons (Fsp3) is 0.444. The summed E-state index contributed by atoms with van der Waals surface area (Å²) in [4.78, 5) is 9.07. The van der Waals surface area contributed by atoms with Gasteiger partial charge < -0.3 is 4.84 Å². The highest BCUT2D eigenvalue weighted by atomic mass is 16.6. The molecule has 1 aromatic rings. The maximum Gasteiger partial charge on any atom is 0.0654 e. The van der Waals surface area contributed by atoms with Crippen molar-refractivity contribution in [2.75, 3.05) is 6.61 Å². The van der Waals surface area contributed by atoms with Gasteiger partial charge in [0.05, 0.1) is 6.61 Å². The summed E-state index contributed by atoms with van der Waals surface area (Å²) in [7, 11) is 0. The first-order chi connectivity index (χ1) is 5.83. The fourth-order valence-electron chi connectivity index (χ4n) is 0.951. The van der Waals surface area contributed by atoms with Crippen molar-refractivity contribution in [3.05, 3.63) is 29.6 Å². The predicted octanol–water partition coefficient (Wildman–Crippen LogP) is 1.43. The summed E-state index contributed by atoms with van der Waals surface area (Å²) in [5, 5.41) is 0. The van der Waals surface area contributed by atoms with Gasteiger partial charge in [-0.2, -0.15) is 5.48 Å². The van der Waals surface area contributed by atoms with Crippen molar-refractivity contribution in [3.8, 4) is 0 Å². The Morgan fingerprint density at radius 1 is 1.50 bits per heavy atom. The van der Waals surface area contributed by atoms with E-state index in [2.05, 4.69) is 16.5 Å². The van der Waals surface area contributed by atoms with Crippen LogP contribution in [0.15, 0.2) is 18.5 Å². The minimum atomic E-state index is 0.680. The van der Waals surface area contributed by atoms with E-state index < -0.39 is 0 Å². The second-order valence-electron chi connectivity index (χ2n) is 2.62. The van der Waals surface area contributed by atoms with Crippen LogP contribution < -0.4 is 5.48 Å². The third-order valence-corrected chi connectivity index (χ3v) is 1.45. The quantitative estimate of drug-likeness (QED) is 0.542. The van der Waals surface area contributed by atoms with Gasteiger partial charge >= 0.3 is 0 Å². The van der Waals surface area contributed by atoms with Crippen LogP contribution in [0.4, 0.5) is 0 Å². The van der Waals surface area contributed by atoms with Crippen LogP contribution in [0.3, 0.4) is 0 Å². The largest absolute Gasteiger partial charge is 0.302 e. The summed E-state index contributed by atoms with van der Waals surface area (Å²) in [5.74, 6) is 0. The highest BCUT2D eigenvalue weighted by Crippen LogP contribution is 1.99. The molecule has 0 amide bonds. The van der Waals surface area contributed by atoms with Gasteiger partial charge in [-0.3, -0.25) is 4.98 Å². The third kappa shape index (κ3) is 2.98. The molecule has 1 rings (SSSR count). The number of aryl methyl sites for hydroxylation is 1. The van der Waals surface area contributed by atoms with E-state index in [0.717, 1.165) is 5.56 Å². The number of rotatable bonds is 4. The molecule has 0 unspecified atom stereocenters. The zero-order valence-corrected chi connectivity index (χ0v) is 7.50. The lowest BCUT2D eigenvalue weighted by molar-refractivity contribution is 0.0463. The van der Waals surface area contributed by atoms with E-state index in [-0.39, 0.29) is 0 Å². The molecule has 0 aliphatic heterocycles. The minimum Gasteiger partial charge on any atom is -0.302 e. The highest BCUT2D eigenvalue weighted by Gasteiger charge is 1.92. The van der Waals surface area contributed by atoms with E-state index in [1.54, 1.807) is 0 Å². The topological polar surface area (TPSA) is 34.1 Å². The monoisotopic (exact) mass is 166 g/mol. The SMILES string of the molecule is CCONCc1cncc(C)c1. The first-order valence-corrected chi connectivity index (χ1v) is 4.08. The maximum absolute atomic E-state index is 5.00. The lowest BCUT2D eigenvalue weighted by atomic mass is 10.2. The summed E-state index contributed by atoms with van der Waals surface area (Å²) in [6.45, 7) is 5.36. The first-order valence-electron chi connectivity index (χ1n) is 4.08. The van der Waals surface area contributed by atoms with Gasteiger partial charge in [-0.05, 0) is 25.0 Å². The Bertz CT molecular complexity index is 238. The molecule has 0 fully saturated rings. The molecule has 1 aromatic heterocycles. The molecule has 0 spiro atoms. The first kappa shape index (κ1) is 9.16. The third-order valence-electron chi connectivity index (χ3n) is 1.45. The number of pyridine rings is 1. The molecule has 0 atom stereocenters. The van der Waals surface area contributed by atoms with Crippen LogP contribution in [0.2, 0.25) is 0 Å². The lowest BCUT2D eigenvalue weighted by Gasteiger charge is -2.03. The predicted molar refractivity (Wildman–Crippen MR) is 47.4 cm³/mol. The van der Waals surface area contributed by atoms with Crippen LogP contribution in [-0.4, -0.2) is 11.6 Å². The Morgan fingerprint density at radius 3 is 3.00 bits per heavy atom. The Kier molecular flexibility index (Phi) is 3.70. The molecule has 1 heterocycles. The van der Waals surface area contributed by atoms with E-state index >= 15 is 0 Å². The van der Waals surface area contributed by atoms with E-state index in [1.807, 2.05) is 26.2 Å². The molecular weight excluding hydrogens is 152 g/mol. The average Bonchev–Trinajstić information content (AvgIpc) is 2.05.